The Morgan fingerprint density at radius 1 is 1.35 bits per heavy atom. The first-order chi connectivity index (χ1) is 8.92. The Bertz CT molecular complexity index is 292. The van der Waals surface area contributed by atoms with E-state index in [1.807, 2.05) is 6.92 Å². The fourth-order valence-electron chi connectivity index (χ4n) is 3.10. The van der Waals surface area contributed by atoms with E-state index < -0.39 is 11.7 Å². The van der Waals surface area contributed by atoms with Crippen molar-refractivity contribution >= 4 is 30.0 Å². The van der Waals surface area contributed by atoms with Crippen LogP contribution >= 0.6 is 24.0 Å². The predicted octanol–water partition coefficient (Wildman–Crippen LogP) is 1.08. The number of hydrogen-bond donors (Lipinski definition) is 3. The molecule has 0 radical (unpaired) electrons. The van der Waals surface area contributed by atoms with E-state index in [1.165, 1.54) is 0 Å². The third-order valence-electron chi connectivity index (χ3n) is 3.94. The molecule has 7 heteroatoms. The molecule has 1 saturated heterocycles. The highest BCUT2D eigenvalue weighted by molar-refractivity contribution is 14.0. The Hall–Kier alpha value is -0.120. The van der Waals surface area contributed by atoms with Gasteiger partial charge in [-0.15, -0.1) is 24.0 Å². The molecule has 0 aromatic rings. The molecule has 1 rings (SSSR count). The smallest absolute Gasteiger partial charge is 0.313 e. The minimum atomic E-state index is -0.833. The van der Waals surface area contributed by atoms with E-state index >= 15 is 0 Å². The van der Waals surface area contributed by atoms with Gasteiger partial charge in [-0.05, 0) is 12.8 Å². The number of ether oxygens (including phenoxy) is 1. The number of nitrogens with one attached hydrogen (secondary N) is 1. The quantitative estimate of drug-likeness (QED) is 0.460. The SMILES string of the molecule is CCC(CC)C(N1CCOCC1)C(C)(N)NC(N)=O.I. The molecule has 0 aromatic heterocycles. The molecule has 2 atom stereocenters. The molecule has 20 heavy (non-hydrogen) atoms. The van der Waals surface area contributed by atoms with Crippen molar-refractivity contribution in [1.82, 2.24) is 10.2 Å². The topological polar surface area (TPSA) is 93.6 Å². The van der Waals surface area contributed by atoms with Gasteiger partial charge in [0.25, 0.3) is 0 Å². The number of primary amides is 1. The molecule has 1 heterocycles. The third kappa shape index (κ3) is 5.34. The Morgan fingerprint density at radius 3 is 2.25 bits per heavy atom. The molecule has 6 nitrogen and oxygen atoms in total. The molecule has 0 aliphatic carbocycles. The van der Waals surface area contributed by atoms with Crippen LogP contribution in [0.1, 0.15) is 33.6 Å². The summed E-state index contributed by atoms with van der Waals surface area (Å²) in [6.07, 6.45) is 2.04. The highest BCUT2D eigenvalue weighted by Crippen LogP contribution is 2.26. The first-order valence-electron chi connectivity index (χ1n) is 7.10. The molecule has 1 fully saturated rings. The van der Waals surface area contributed by atoms with E-state index in [1.54, 1.807) is 0 Å². The number of amides is 2. The summed E-state index contributed by atoms with van der Waals surface area (Å²) in [5.41, 5.74) is 10.8. The van der Waals surface area contributed by atoms with E-state index in [0.29, 0.717) is 19.1 Å². The second kappa shape index (κ2) is 9.01. The fourth-order valence-corrected chi connectivity index (χ4v) is 3.10. The molecular weight excluding hydrogens is 371 g/mol. The molecular formula is C13H29IN4O2. The number of morpholine rings is 1. The van der Waals surface area contributed by atoms with Gasteiger partial charge in [0.2, 0.25) is 0 Å². The van der Waals surface area contributed by atoms with Crippen LogP contribution in [0.3, 0.4) is 0 Å². The maximum atomic E-state index is 11.2. The molecule has 1 aliphatic rings. The van der Waals surface area contributed by atoms with Crippen molar-refractivity contribution in [3.8, 4) is 0 Å². The van der Waals surface area contributed by atoms with Gasteiger partial charge in [-0.3, -0.25) is 4.90 Å². The zero-order valence-electron chi connectivity index (χ0n) is 12.7. The number of halogens is 1. The van der Waals surface area contributed by atoms with Gasteiger partial charge in [0, 0.05) is 19.1 Å². The Morgan fingerprint density at radius 2 is 1.85 bits per heavy atom. The number of nitrogens with two attached hydrogens (primary N) is 2. The number of nitrogens with zero attached hydrogens (tertiary/aromatic N) is 1. The summed E-state index contributed by atoms with van der Waals surface area (Å²) < 4.78 is 5.40. The predicted molar refractivity (Wildman–Crippen MR) is 91.0 cm³/mol. The third-order valence-corrected chi connectivity index (χ3v) is 3.94. The zero-order valence-corrected chi connectivity index (χ0v) is 15.1. The number of rotatable bonds is 6. The maximum absolute atomic E-state index is 11.2. The summed E-state index contributed by atoms with van der Waals surface area (Å²) >= 11 is 0. The first-order valence-corrected chi connectivity index (χ1v) is 7.10. The van der Waals surface area contributed by atoms with Gasteiger partial charge < -0.3 is 21.5 Å². The van der Waals surface area contributed by atoms with E-state index in [9.17, 15) is 4.79 Å². The summed E-state index contributed by atoms with van der Waals surface area (Å²) in [5.74, 6) is 0.417. The van der Waals surface area contributed by atoms with Crippen molar-refractivity contribution < 1.29 is 9.53 Å². The Labute approximate surface area is 139 Å². The molecule has 0 spiro atoms. The molecule has 1 aliphatic heterocycles. The highest BCUT2D eigenvalue weighted by atomic mass is 127. The first kappa shape index (κ1) is 19.9. The molecule has 0 aromatic carbocycles. The largest absolute Gasteiger partial charge is 0.379 e. The van der Waals surface area contributed by atoms with Crippen molar-refractivity contribution in [2.45, 2.75) is 45.3 Å². The minimum Gasteiger partial charge on any atom is -0.379 e. The average Bonchev–Trinajstić information content (AvgIpc) is 2.34. The minimum absolute atomic E-state index is 0. The van der Waals surface area contributed by atoms with E-state index in [2.05, 4.69) is 24.1 Å². The molecule has 0 saturated carbocycles. The van der Waals surface area contributed by atoms with Gasteiger partial charge in [-0.1, -0.05) is 26.7 Å². The number of urea groups is 1. The highest BCUT2D eigenvalue weighted by Gasteiger charge is 2.40. The number of carbonyl (C=O) groups is 1. The van der Waals surface area contributed by atoms with Gasteiger partial charge in [0.05, 0.1) is 13.2 Å². The molecule has 2 unspecified atom stereocenters. The van der Waals surface area contributed by atoms with Crippen molar-refractivity contribution in [2.75, 3.05) is 26.3 Å². The zero-order chi connectivity index (χ0) is 14.5. The fraction of sp³-hybridized carbons (Fsp3) is 0.923. The summed E-state index contributed by atoms with van der Waals surface area (Å²) in [6, 6.07) is -0.506. The summed E-state index contributed by atoms with van der Waals surface area (Å²) in [4.78, 5) is 13.5. The van der Waals surface area contributed by atoms with Crippen molar-refractivity contribution in [3.63, 3.8) is 0 Å². The molecule has 5 N–H and O–H groups in total. The van der Waals surface area contributed by atoms with Crippen LogP contribution in [0.2, 0.25) is 0 Å². The lowest BCUT2D eigenvalue weighted by molar-refractivity contribution is -0.0237. The van der Waals surface area contributed by atoms with Crippen LogP contribution in [-0.2, 0) is 4.74 Å². The van der Waals surface area contributed by atoms with Crippen molar-refractivity contribution in [2.24, 2.45) is 17.4 Å². The summed E-state index contributed by atoms with van der Waals surface area (Å²) in [7, 11) is 0. The normalized spacial score (nSPS) is 20.9. The van der Waals surface area contributed by atoms with Gasteiger partial charge in [0.1, 0.15) is 5.66 Å². The molecule has 2 amide bonds. The van der Waals surface area contributed by atoms with Crippen molar-refractivity contribution in [1.29, 1.82) is 0 Å². The van der Waals surface area contributed by atoms with Gasteiger partial charge in [-0.25, -0.2) is 4.79 Å². The number of hydrogen-bond acceptors (Lipinski definition) is 4. The lowest BCUT2D eigenvalue weighted by Crippen LogP contribution is -2.70. The van der Waals surface area contributed by atoms with E-state index in [-0.39, 0.29) is 30.0 Å². The number of carbonyl (C=O) groups excluding carboxylic acids is 1. The molecule has 120 valence electrons. The monoisotopic (exact) mass is 400 g/mol. The van der Waals surface area contributed by atoms with E-state index in [4.69, 9.17) is 16.2 Å². The lowest BCUT2D eigenvalue weighted by Gasteiger charge is -2.47. The van der Waals surface area contributed by atoms with Crippen LogP contribution in [0, 0.1) is 5.92 Å². The standard InChI is InChI=1S/C13H28N4O2.HI/c1-4-10(5-2)11(13(3,15)16-12(14)18)17-6-8-19-9-7-17;/h10-11H,4-9,15H2,1-3H3,(H3,14,16,18);1H. The van der Waals surface area contributed by atoms with E-state index in [0.717, 1.165) is 25.9 Å². The summed E-state index contributed by atoms with van der Waals surface area (Å²) in [6.45, 7) is 9.26. The van der Waals surface area contributed by atoms with Crippen LogP contribution in [0.15, 0.2) is 0 Å². The summed E-state index contributed by atoms with van der Waals surface area (Å²) in [5, 5.41) is 2.70. The van der Waals surface area contributed by atoms with Gasteiger partial charge >= 0.3 is 6.03 Å². The van der Waals surface area contributed by atoms with Crippen LogP contribution in [0.25, 0.3) is 0 Å². The van der Waals surface area contributed by atoms with Gasteiger partial charge in [0.15, 0.2) is 0 Å². The lowest BCUT2D eigenvalue weighted by atomic mass is 9.84. The molecule has 0 bridgehead atoms. The van der Waals surface area contributed by atoms with Crippen LogP contribution in [0.4, 0.5) is 4.79 Å². The maximum Gasteiger partial charge on any atom is 0.313 e. The average molecular weight is 400 g/mol. The Kier molecular flexibility index (Phi) is 8.96. The second-order valence-corrected chi connectivity index (χ2v) is 5.44. The Balaban J connectivity index is 0.00000361. The van der Waals surface area contributed by atoms with Crippen molar-refractivity contribution in [3.05, 3.63) is 0 Å². The van der Waals surface area contributed by atoms with Crippen LogP contribution in [0.5, 0.6) is 0 Å². The van der Waals surface area contributed by atoms with Crippen LogP contribution in [-0.4, -0.2) is 48.9 Å². The van der Waals surface area contributed by atoms with Crippen LogP contribution < -0.4 is 16.8 Å². The van der Waals surface area contributed by atoms with Gasteiger partial charge in [-0.2, -0.15) is 0 Å². The second-order valence-electron chi connectivity index (χ2n) is 5.44.